The molecule has 0 N–H and O–H groups in total. The molecular formula is C15H13FN2O2. The van der Waals surface area contributed by atoms with Crippen LogP contribution in [0.25, 0.3) is 0 Å². The molecule has 0 aliphatic heterocycles. The zero-order valence-electron chi connectivity index (χ0n) is 11.2. The monoisotopic (exact) mass is 272 g/mol. The van der Waals surface area contributed by atoms with Gasteiger partial charge in [0.15, 0.2) is 5.78 Å². The Morgan fingerprint density at radius 1 is 1.30 bits per heavy atom. The summed E-state index contributed by atoms with van der Waals surface area (Å²) in [7, 11) is 0. The number of carbonyl (C=O) groups is 2. The molecule has 0 amide bonds. The molecule has 0 aliphatic rings. The number of rotatable bonds is 5. The number of ketones is 2. The Morgan fingerprint density at radius 3 is 2.45 bits per heavy atom. The molecule has 2 unspecified atom stereocenters. The largest absolute Gasteiger partial charge is 0.296 e. The van der Waals surface area contributed by atoms with Crippen LogP contribution in [0.5, 0.6) is 0 Å². The van der Waals surface area contributed by atoms with Gasteiger partial charge >= 0.3 is 0 Å². The van der Waals surface area contributed by atoms with Crippen LogP contribution in [-0.4, -0.2) is 17.7 Å². The molecule has 4 nitrogen and oxygen atoms in total. The highest BCUT2D eigenvalue weighted by molar-refractivity contribution is 6.14. The van der Waals surface area contributed by atoms with E-state index in [2.05, 4.69) is 0 Å². The van der Waals surface area contributed by atoms with Gasteiger partial charge in [0.05, 0.1) is 23.3 Å². The number of Topliss-reactive ketones (excluding diaryl/α,β-unsaturated/α-hetero) is 2. The predicted molar refractivity (Wildman–Crippen MR) is 69.6 cm³/mol. The van der Waals surface area contributed by atoms with E-state index in [1.807, 2.05) is 6.07 Å². The highest BCUT2D eigenvalue weighted by atomic mass is 19.1. The van der Waals surface area contributed by atoms with Crippen molar-refractivity contribution in [2.24, 2.45) is 5.92 Å². The summed E-state index contributed by atoms with van der Waals surface area (Å²) in [4.78, 5) is 23.6. The number of carbonyl (C=O) groups excluding carboxylic acids is 2. The van der Waals surface area contributed by atoms with Crippen LogP contribution in [0.2, 0.25) is 0 Å². The Morgan fingerprint density at radius 2 is 1.95 bits per heavy atom. The topological polar surface area (TPSA) is 81.7 Å². The van der Waals surface area contributed by atoms with Gasteiger partial charge in [-0.05, 0) is 24.6 Å². The van der Waals surface area contributed by atoms with Gasteiger partial charge in [-0.1, -0.05) is 13.8 Å². The van der Waals surface area contributed by atoms with Crippen molar-refractivity contribution in [2.75, 3.05) is 0 Å². The number of benzene rings is 1. The number of nitrogens with zero attached hydrogens (tertiary/aromatic N) is 2. The summed E-state index contributed by atoms with van der Waals surface area (Å²) in [6.45, 7) is 3.27. The first-order valence-electron chi connectivity index (χ1n) is 6.12. The van der Waals surface area contributed by atoms with Crippen molar-refractivity contribution in [2.45, 2.75) is 26.4 Å². The van der Waals surface area contributed by atoms with E-state index in [0.29, 0.717) is 6.42 Å². The molecule has 0 bridgehead atoms. The van der Waals surface area contributed by atoms with E-state index in [1.54, 1.807) is 19.9 Å². The summed E-state index contributed by atoms with van der Waals surface area (Å²) in [5.41, 5.74) is -0.0777. The maximum absolute atomic E-state index is 13.9. The maximum Gasteiger partial charge on any atom is 0.221 e. The van der Waals surface area contributed by atoms with E-state index >= 15 is 0 Å². The van der Waals surface area contributed by atoms with Crippen LogP contribution >= 0.6 is 0 Å². The van der Waals surface area contributed by atoms with E-state index in [4.69, 9.17) is 10.5 Å². The molecule has 102 valence electrons. The van der Waals surface area contributed by atoms with Gasteiger partial charge in [-0.2, -0.15) is 10.5 Å². The zero-order valence-corrected chi connectivity index (χ0v) is 11.2. The molecule has 20 heavy (non-hydrogen) atoms. The lowest BCUT2D eigenvalue weighted by Gasteiger charge is -2.12. The summed E-state index contributed by atoms with van der Waals surface area (Å²) in [5, 5.41) is 17.7. The lowest BCUT2D eigenvalue weighted by atomic mass is 9.93. The highest BCUT2D eigenvalue weighted by Crippen LogP contribution is 2.17. The van der Waals surface area contributed by atoms with Crippen molar-refractivity contribution in [1.29, 1.82) is 10.5 Å². The van der Waals surface area contributed by atoms with Gasteiger partial charge in [0.25, 0.3) is 0 Å². The molecule has 0 fully saturated rings. The Hall–Kier alpha value is -2.53. The second kappa shape index (κ2) is 6.58. The van der Waals surface area contributed by atoms with Gasteiger partial charge in [0.1, 0.15) is 0 Å². The first kappa shape index (κ1) is 15.5. The van der Waals surface area contributed by atoms with Crippen molar-refractivity contribution >= 4 is 11.6 Å². The number of hydrogen-bond donors (Lipinski definition) is 0. The number of hydrogen-bond acceptors (Lipinski definition) is 4. The van der Waals surface area contributed by atoms with E-state index in [1.165, 1.54) is 18.2 Å². The SMILES string of the molecule is CCC(C)C(=O)C(F)C(=O)c1ccc(C#N)cc1C#N. The number of alkyl halides is 1. The minimum atomic E-state index is -2.27. The summed E-state index contributed by atoms with van der Waals surface area (Å²) in [6.07, 6.45) is -1.84. The lowest BCUT2D eigenvalue weighted by molar-refractivity contribution is -0.125. The second-order valence-corrected chi connectivity index (χ2v) is 4.42. The third-order valence-corrected chi connectivity index (χ3v) is 3.11. The number of nitriles is 2. The fourth-order valence-electron chi connectivity index (χ4n) is 1.64. The summed E-state index contributed by atoms with van der Waals surface area (Å²) < 4.78 is 13.9. The number of halogens is 1. The Labute approximate surface area is 116 Å². The van der Waals surface area contributed by atoms with Crippen molar-refractivity contribution in [3.05, 3.63) is 34.9 Å². The fourth-order valence-corrected chi connectivity index (χ4v) is 1.64. The molecular weight excluding hydrogens is 259 g/mol. The highest BCUT2D eigenvalue weighted by Gasteiger charge is 2.31. The predicted octanol–water partition coefficient (Wildman–Crippen LogP) is 2.57. The van der Waals surface area contributed by atoms with Crippen LogP contribution in [0.1, 0.15) is 41.8 Å². The molecule has 0 radical (unpaired) electrons. The zero-order chi connectivity index (χ0) is 15.3. The normalized spacial score (nSPS) is 12.8. The molecule has 1 aromatic carbocycles. The third-order valence-electron chi connectivity index (χ3n) is 3.11. The Bertz CT molecular complexity index is 626. The van der Waals surface area contributed by atoms with Gasteiger partial charge in [0.2, 0.25) is 12.0 Å². The second-order valence-electron chi connectivity index (χ2n) is 4.42. The van der Waals surface area contributed by atoms with Gasteiger partial charge in [-0.3, -0.25) is 9.59 Å². The molecule has 0 aliphatic carbocycles. The molecule has 0 saturated carbocycles. The van der Waals surface area contributed by atoms with Crippen molar-refractivity contribution in [3.63, 3.8) is 0 Å². The van der Waals surface area contributed by atoms with E-state index in [9.17, 15) is 14.0 Å². The molecule has 0 heterocycles. The maximum atomic E-state index is 13.9. The van der Waals surface area contributed by atoms with E-state index < -0.39 is 23.7 Å². The first-order chi connectivity index (χ1) is 9.46. The van der Waals surface area contributed by atoms with Gasteiger partial charge in [-0.25, -0.2) is 4.39 Å². The van der Waals surface area contributed by atoms with Crippen LogP contribution in [0.15, 0.2) is 18.2 Å². The van der Waals surface area contributed by atoms with Crippen LogP contribution in [0, 0.1) is 28.6 Å². The molecule has 0 aromatic heterocycles. The van der Waals surface area contributed by atoms with Crippen LogP contribution in [0.3, 0.4) is 0 Å². The molecule has 0 spiro atoms. The lowest BCUT2D eigenvalue weighted by Crippen LogP contribution is -2.30. The standard InChI is InChI=1S/C15H13FN2O2/c1-3-9(2)14(19)13(16)15(20)12-5-4-10(7-17)6-11(12)8-18/h4-6,9,13H,3H2,1-2H3. The molecule has 0 saturated heterocycles. The van der Waals surface area contributed by atoms with Crippen LogP contribution < -0.4 is 0 Å². The molecule has 5 heteroatoms. The fraction of sp³-hybridized carbons (Fsp3) is 0.333. The first-order valence-corrected chi connectivity index (χ1v) is 6.12. The Kier molecular flexibility index (Phi) is 5.11. The summed E-state index contributed by atoms with van der Waals surface area (Å²) in [5.74, 6) is -2.38. The summed E-state index contributed by atoms with van der Waals surface area (Å²) >= 11 is 0. The molecule has 1 aromatic rings. The van der Waals surface area contributed by atoms with E-state index in [-0.39, 0.29) is 16.7 Å². The van der Waals surface area contributed by atoms with Crippen molar-refractivity contribution < 1.29 is 14.0 Å². The van der Waals surface area contributed by atoms with E-state index in [0.717, 1.165) is 0 Å². The average Bonchev–Trinajstić information content (AvgIpc) is 2.50. The molecule has 2 atom stereocenters. The van der Waals surface area contributed by atoms with Crippen molar-refractivity contribution in [1.82, 2.24) is 0 Å². The van der Waals surface area contributed by atoms with Gasteiger partial charge < -0.3 is 0 Å². The minimum Gasteiger partial charge on any atom is -0.296 e. The Balaban J connectivity index is 3.13. The van der Waals surface area contributed by atoms with Crippen LogP contribution in [-0.2, 0) is 4.79 Å². The molecule has 1 rings (SSSR count). The van der Waals surface area contributed by atoms with Gasteiger partial charge in [0, 0.05) is 11.5 Å². The van der Waals surface area contributed by atoms with Crippen LogP contribution in [0.4, 0.5) is 4.39 Å². The smallest absolute Gasteiger partial charge is 0.221 e. The van der Waals surface area contributed by atoms with Crippen molar-refractivity contribution in [3.8, 4) is 12.1 Å². The average molecular weight is 272 g/mol. The quantitative estimate of drug-likeness (QED) is 0.609. The summed E-state index contributed by atoms with van der Waals surface area (Å²) in [6, 6.07) is 7.28. The third kappa shape index (κ3) is 3.07. The van der Waals surface area contributed by atoms with Gasteiger partial charge in [-0.15, -0.1) is 0 Å². The minimum absolute atomic E-state index is 0.103.